The number of carbonyl (C=O) groups excluding carboxylic acids is 1. The van der Waals surface area contributed by atoms with Crippen molar-refractivity contribution >= 4 is 35.8 Å². The molecule has 7 heteroatoms. The van der Waals surface area contributed by atoms with Gasteiger partial charge >= 0.3 is 0 Å². The van der Waals surface area contributed by atoms with Crippen LogP contribution < -0.4 is 10.6 Å². The lowest BCUT2D eigenvalue weighted by molar-refractivity contribution is -0.134. The number of likely N-dealkylation sites (tertiary alicyclic amines) is 1. The number of nitrogens with zero attached hydrogens (tertiary/aromatic N) is 2. The van der Waals surface area contributed by atoms with E-state index in [2.05, 4.69) is 36.4 Å². The van der Waals surface area contributed by atoms with Gasteiger partial charge in [0.2, 0.25) is 5.91 Å². The van der Waals surface area contributed by atoms with Gasteiger partial charge in [0.05, 0.1) is 6.10 Å². The molecule has 1 heterocycles. The zero-order valence-corrected chi connectivity index (χ0v) is 19.3. The van der Waals surface area contributed by atoms with E-state index in [1.165, 1.54) is 12.8 Å². The maximum Gasteiger partial charge on any atom is 0.225 e. The molecule has 2 rings (SSSR count). The Kier molecular flexibility index (Phi) is 9.64. The summed E-state index contributed by atoms with van der Waals surface area (Å²) in [5, 5.41) is 6.82. The predicted molar refractivity (Wildman–Crippen MR) is 117 cm³/mol. The first-order valence-electron chi connectivity index (χ1n) is 9.64. The third-order valence-electron chi connectivity index (χ3n) is 5.47. The number of carbonyl (C=O) groups is 1. The highest BCUT2D eigenvalue weighted by Gasteiger charge is 2.32. The summed E-state index contributed by atoms with van der Waals surface area (Å²) in [6.07, 6.45) is 5.64. The maximum absolute atomic E-state index is 12.5. The van der Waals surface area contributed by atoms with Crippen molar-refractivity contribution < 1.29 is 9.53 Å². The van der Waals surface area contributed by atoms with E-state index in [0.29, 0.717) is 12.5 Å². The van der Waals surface area contributed by atoms with Gasteiger partial charge in [-0.3, -0.25) is 9.79 Å². The van der Waals surface area contributed by atoms with Gasteiger partial charge in [-0.2, -0.15) is 0 Å². The quantitative estimate of drug-likeness (QED) is 0.361. The van der Waals surface area contributed by atoms with E-state index in [-0.39, 0.29) is 47.5 Å². The minimum absolute atomic E-state index is 0. The first kappa shape index (κ1) is 23.5. The van der Waals surface area contributed by atoms with Crippen LogP contribution in [0.1, 0.15) is 52.9 Å². The minimum atomic E-state index is 0. The zero-order valence-electron chi connectivity index (χ0n) is 17.0. The molecule has 1 saturated heterocycles. The van der Waals surface area contributed by atoms with Crippen molar-refractivity contribution in [1.82, 2.24) is 15.5 Å². The van der Waals surface area contributed by atoms with Crippen LogP contribution in [0.2, 0.25) is 0 Å². The molecule has 1 amide bonds. The third kappa shape index (κ3) is 6.55. The summed E-state index contributed by atoms with van der Waals surface area (Å²) in [6, 6.07) is 0.271. The molecule has 0 spiro atoms. The van der Waals surface area contributed by atoms with Crippen LogP contribution in [-0.2, 0) is 9.53 Å². The molecule has 0 aromatic rings. The molecule has 2 atom stereocenters. The second-order valence-electron chi connectivity index (χ2n) is 8.44. The van der Waals surface area contributed by atoms with E-state index < -0.39 is 0 Å². The second kappa shape index (κ2) is 10.7. The number of aliphatic imine (C=N–C) groups is 1. The van der Waals surface area contributed by atoms with Crippen molar-refractivity contribution in [3.8, 4) is 0 Å². The molecule has 2 unspecified atom stereocenters. The summed E-state index contributed by atoms with van der Waals surface area (Å²) in [5.74, 6) is 1.41. The lowest BCUT2D eigenvalue weighted by Gasteiger charge is -2.30. The van der Waals surface area contributed by atoms with E-state index in [0.717, 1.165) is 38.3 Å². The molecule has 1 saturated carbocycles. The Hall–Kier alpha value is -0.570. The Labute approximate surface area is 175 Å². The van der Waals surface area contributed by atoms with Crippen molar-refractivity contribution in [2.24, 2.45) is 16.3 Å². The van der Waals surface area contributed by atoms with Gasteiger partial charge in [0, 0.05) is 45.8 Å². The number of rotatable bonds is 5. The highest BCUT2D eigenvalue weighted by atomic mass is 127. The van der Waals surface area contributed by atoms with Crippen LogP contribution >= 0.6 is 24.0 Å². The van der Waals surface area contributed by atoms with Crippen LogP contribution in [-0.4, -0.2) is 62.7 Å². The average molecular weight is 480 g/mol. The van der Waals surface area contributed by atoms with Crippen LogP contribution in [0, 0.1) is 11.3 Å². The van der Waals surface area contributed by atoms with Gasteiger partial charge in [-0.05, 0) is 24.7 Å². The predicted octanol–water partition coefficient (Wildman–Crippen LogP) is 2.62. The van der Waals surface area contributed by atoms with Crippen molar-refractivity contribution in [2.75, 3.05) is 33.8 Å². The van der Waals surface area contributed by atoms with Gasteiger partial charge in [0.1, 0.15) is 0 Å². The van der Waals surface area contributed by atoms with Crippen LogP contribution in [0.4, 0.5) is 0 Å². The highest BCUT2D eigenvalue weighted by Crippen LogP contribution is 2.27. The number of halogens is 1. The Morgan fingerprint density at radius 1 is 1.27 bits per heavy atom. The largest absolute Gasteiger partial charge is 0.379 e. The first-order chi connectivity index (χ1) is 11.8. The van der Waals surface area contributed by atoms with Gasteiger partial charge in [-0.15, -0.1) is 24.0 Å². The number of nitrogens with one attached hydrogen (secondary N) is 2. The molecule has 0 bridgehead atoms. The average Bonchev–Trinajstić information content (AvgIpc) is 3.24. The first-order valence-corrected chi connectivity index (χ1v) is 9.64. The third-order valence-corrected chi connectivity index (χ3v) is 5.47. The molecule has 6 nitrogen and oxygen atoms in total. The molecule has 152 valence electrons. The van der Waals surface area contributed by atoms with Crippen LogP contribution in [0.25, 0.3) is 0 Å². The minimum Gasteiger partial charge on any atom is -0.379 e. The number of guanidine groups is 1. The zero-order chi connectivity index (χ0) is 18.4. The Morgan fingerprint density at radius 3 is 2.46 bits per heavy atom. The Morgan fingerprint density at radius 2 is 1.92 bits per heavy atom. The van der Waals surface area contributed by atoms with E-state index in [4.69, 9.17) is 4.74 Å². The molecule has 2 aliphatic rings. The number of methoxy groups -OCH3 is 1. The molecular formula is C19H37IN4O2. The van der Waals surface area contributed by atoms with Gasteiger partial charge < -0.3 is 20.3 Å². The number of hydrogen-bond acceptors (Lipinski definition) is 3. The van der Waals surface area contributed by atoms with Crippen molar-refractivity contribution in [3.05, 3.63) is 0 Å². The van der Waals surface area contributed by atoms with Gasteiger partial charge in [-0.25, -0.2) is 0 Å². The molecule has 2 fully saturated rings. The van der Waals surface area contributed by atoms with Gasteiger partial charge in [0.25, 0.3) is 0 Å². The number of hydrogen-bond donors (Lipinski definition) is 2. The van der Waals surface area contributed by atoms with Gasteiger partial charge in [-0.1, -0.05) is 33.6 Å². The summed E-state index contributed by atoms with van der Waals surface area (Å²) in [5.41, 5.74) is 0.0679. The fourth-order valence-corrected chi connectivity index (χ4v) is 3.83. The Bertz CT molecular complexity index is 473. The van der Waals surface area contributed by atoms with E-state index in [1.807, 2.05) is 4.90 Å². The molecule has 1 aliphatic heterocycles. The summed E-state index contributed by atoms with van der Waals surface area (Å²) >= 11 is 0. The fourth-order valence-electron chi connectivity index (χ4n) is 3.83. The lowest BCUT2D eigenvalue weighted by atomic mass is 9.89. The lowest BCUT2D eigenvalue weighted by Crippen LogP contribution is -2.49. The maximum atomic E-state index is 12.5. The monoisotopic (exact) mass is 480 g/mol. The van der Waals surface area contributed by atoms with Crippen molar-refractivity contribution in [3.63, 3.8) is 0 Å². The molecule has 0 aromatic carbocycles. The number of ether oxygens (including phenoxy) is 1. The van der Waals surface area contributed by atoms with Crippen LogP contribution in [0.3, 0.4) is 0 Å². The van der Waals surface area contributed by atoms with Crippen molar-refractivity contribution in [2.45, 2.75) is 65.0 Å². The van der Waals surface area contributed by atoms with Gasteiger partial charge in [0.15, 0.2) is 5.96 Å². The SMILES string of the molecule is CN=C(NCC(OC)C(C)(C)C)NC1CCN(C(=O)C2CCCC2)C1.I. The molecular weight excluding hydrogens is 443 g/mol. The topological polar surface area (TPSA) is 66.0 Å². The van der Waals surface area contributed by atoms with E-state index >= 15 is 0 Å². The second-order valence-corrected chi connectivity index (χ2v) is 8.44. The Balaban J connectivity index is 0.00000338. The molecule has 1 aliphatic carbocycles. The summed E-state index contributed by atoms with van der Waals surface area (Å²) in [4.78, 5) is 18.9. The van der Waals surface area contributed by atoms with E-state index in [1.54, 1.807) is 14.2 Å². The molecule has 0 aromatic heterocycles. The summed E-state index contributed by atoms with van der Waals surface area (Å²) in [7, 11) is 3.53. The normalized spacial score (nSPS) is 22.9. The van der Waals surface area contributed by atoms with Crippen LogP contribution in [0.15, 0.2) is 4.99 Å². The number of amides is 1. The van der Waals surface area contributed by atoms with Crippen LogP contribution in [0.5, 0.6) is 0 Å². The molecule has 0 radical (unpaired) electrons. The molecule has 26 heavy (non-hydrogen) atoms. The fraction of sp³-hybridized carbons (Fsp3) is 0.895. The summed E-state index contributed by atoms with van der Waals surface area (Å²) in [6.45, 7) is 8.85. The van der Waals surface area contributed by atoms with E-state index in [9.17, 15) is 4.79 Å². The smallest absolute Gasteiger partial charge is 0.225 e. The molecule has 2 N–H and O–H groups in total. The van der Waals surface area contributed by atoms with Crippen molar-refractivity contribution in [1.29, 1.82) is 0 Å². The standard InChI is InChI=1S/C19H36N4O2.HI/c1-19(2,3)16(25-5)12-21-18(20-4)22-15-10-11-23(13-15)17(24)14-8-6-7-9-14;/h14-16H,6-13H2,1-5H3,(H2,20,21,22);1H. The highest BCUT2D eigenvalue weighted by molar-refractivity contribution is 14.0. The summed E-state index contributed by atoms with van der Waals surface area (Å²) < 4.78 is 5.59.